The first-order valence-corrected chi connectivity index (χ1v) is 10.9. The summed E-state index contributed by atoms with van der Waals surface area (Å²) in [5.41, 5.74) is 1.20. The van der Waals surface area contributed by atoms with Gasteiger partial charge in [-0.05, 0) is 42.3 Å². The van der Waals surface area contributed by atoms with Crippen molar-refractivity contribution >= 4 is 35.2 Å². The van der Waals surface area contributed by atoms with Gasteiger partial charge in [0.05, 0.1) is 17.4 Å². The van der Waals surface area contributed by atoms with Crippen LogP contribution in [0.25, 0.3) is 0 Å². The Bertz CT molecular complexity index is 1080. The number of carboxylic acid groups (broad SMARTS) is 1. The van der Waals surface area contributed by atoms with Gasteiger partial charge >= 0.3 is 5.97 Å². The molecule has 10 heteroatoms. The van der Waals surface area contributed by atoms with E-state index >= 15 is 0 Å². The summed E-state index contributed by atoms with van der Waals surface area (Å²) in [6.07, 6.45) is 0. The van der Waals surface area contributed by atoms with Crippen molar-refractivity contribution in [3.05, 3.63) is 71.5 Å². The fraction of sp³-hybridized carbons (Fsp3) is 0.227. The van der Waals surface area contributed by atoms with Crippen LogP contribution in [0.5, 0.6) is 0 Å². The monoisotopic (exact) mass is 453 g/mol. The van der Waals surface area contributed by atoms with Gasteiger partial charge in [-0.2, -0.15) is 0 Å². The number of hydrogen-bond acceptors (Lipinski definition) is 6. The fourth-order valence-corrected chi connectivity index (χ4v) is 3.46. The number of aromatic carboxylic acids is 1. The van der Waals surface area contributed by atoms with Crippen molar-refractivity contribution in [2.45, 2.75) is 25.0 Å². The Hall–Kier alpha value is -3.66. The number of carbonyl (C=O) groups excluding carboxylic acids is 2. The molecule has 0 bridgehead atoms. The maximum atomic E-state index is 12.5. The SMILES string of the molecule is CC(C)C(NC(=O)c1ccccc1)c1nc(SCC(=O)Nc2ccc(C(=O)O)cc2)n[nH]1. The van der Waals surface area contributed by atoms with Crippen molar-refractivity contribution in [1.29, 1.82) is 0 Å². The van der Waals surface area contributed by atoms with Crippen molar-refractivity contribution in [3.8, 4) is 0 Å². The molecule has 0 saturated carbocycles. The molecule has 0 fully saturated rings. The van der Waals surface area contributed by atoms with Crippen molar-refractivity contribution in [3.63, 3.8) is 0 Å². The van der Waals surface area contributed by atoms with Gasteiger partial charge < -0.3 is 15.7 Å². The Morgan fingerprint density at radius 2 is 1.72 bits per heavy atom. The molecule has 0 aliphatic heterocycles. The lowest BCUT2D eigenvalue weighted by atomic mass is 10.0. The number of rotatable bonds is 9. The molecule has 0 saturated heterocycles. The number of hydrogen-bond donors (Lipinski definition) is 4. The minimum Gasteiger partial charge on any atom is -0.478 e. The second-order valence-electron chi connectivity index (χ2n) is 7.28. The Morgan fingerprint density at radius 1 is 1.03 bits per heavy atom. The number of nitrogens with zero attached hydrogens (tertiary/aromatic N) is 2. The molecule has 1 heterocycles. The molecule has 9 nitrogen and oxygen atoms in total. The zero-order chi connectivity index (χ0) is 23.1. The third-order valence-electron chi connectivity index (χ3n) is 4.51. The van der Waals surface area contributed by atoms with Gasteiger partial charge in [0.25, 0.3) is 5.91 Å². The van der Waals surface area contributed by atoms with Crippen molar-refractivity contribution < 1.29 is 19.5 Å². The first-order valence-electron chi connectivity index (χ1n) is 9.87. The highest BCUT2D eigenvalue weighted by atomic mass is 32.2. The zero-order valence-electron chi connectivity index (χ0n) is 17.5. The number of thioether (sulfide) groups is 1. The first-order chi connectivity index (χ1) is 15.3. The molecular weight excluding hydrogens is 430 g/mol. The van der Waals surface area contributed by atoms with Crippen LogP contribution >= 0.6 is 11.8 Å². The van der Waals surface area contributed by atoms with E-state index in [1.54, 1.807) is 24.3 Å². The second kappa shape index (κ2) is 10.6. The van der Waals surface area contributed by atoms with Gasteiger partial charge in [-0.3, -0.25) is 14.7 Å². The molecule has 0 aliphatic rings. The average Bonchev–Trinajstić information content (AvgIpc) is 3.25. The summed E-state index contributed by atoms with van der Waals surface area (Å²) < 4.78 is 0. The third-order valence-corrected chi connectivity index (χ3v) is 5.36. The van der Waals surface area contributed by atoms with Gasteiger partial charge in [0.15, 0.2) is 0 Å². The van der Waals surface area contributed by atoms with E-state index in [9.17, 15) is 14.4 Å². The van der Waals surface area contributed by atoms with Crippen LogP contribution in [0.4, 0.5) is 5.69 Å². The predicted molar refractivity (Wildman–Crippen MR) is 121 cm³/mol. The summed E-state index contributed by atoms with van der Waals surface area (Å²) in [5.74, 6) is -0.869. The third kappa shape index (κ3) is 6.17. The molecule has 0 aliphatic carbocycles. The van der Waals surface area contributed by atoms with Gasteiger partial charge in [-0.1, -0.05) is 43.8 Å². The number of anilines is 1. The van der Waals surface area contributed by atoms with Gasteiger partial charge in [0.1, 0.15) is 5.82 Å². The first kappa shape index (κ1) is 23.0. The number of carbonyl (C=O) groups is 3. The molecule has 1 aromatic heterocycles. The fourth-order valence-electron chi connectivity index (χ4n) is 2.85. The Kier molecular flexibility index (Phi) is 7.61. The van der Waals surface area contributed by atoms with E-state index in [0.29, 0.717) is 22.2 Å². The van der Waals surface area contributed by atoms with E-state index in [4.69, 9.17) is 5.11 Å². The molecule has 1 atom stereocenters. The van der Waals surface area contributed by atoms with Crippen LogP contribution in [0, 0.1) is 5.92 Å². The Labute approximate surface area is 189 Å². The quantitative estimate of drug-likeness (QED) is 0.365. The smallest absolute Gasteiger partial charge is 0.335 e. The molecule has 4 N–H and O–H groups in total. The van der Waals surface area contributed by atoms with Crippen molar-refractivity contribution in [2.24, 2.45) is 5.92 Å². The van der Waals surface area contributed by atoms with Gasteiger partial charge in [-0.15, -0.1) is 5.10 Å². The maximum absolute atomic E-state index is 12.5. The summed E-state index contributed by atoms with van der Waals surface area (Å²) in [6.45, 7) is 3.93. The standard InChI is InChI=1S/C22H23N5O4S/c1-13(2)18(24-20(29)14-6-4-3-5-7-14)19-25-22(27-26-19)32-12-17(28)23-16-10-8-15(9-11-16)21(30)31/h3-11,13,18H,12H2,1-2H3,(H,23,28)(H,24,29)(H,30,31)(H,25,26,27). The van der Waals surface area contributed by atoms with E-state index in [1.807, 2.05) is 19.9 Å². The van der Waals surface area contributed by atoms with Gasteiger partial charge in [0, 0.05) is 11.3 Å². The number of H-pyrrole nitrogens is 1. The maximum Gasteiger partial charge on any atom is 0.335 e. The van der Waals surface area contributed by atoms with E-state index in [1.165, 1.54) is 24.3 Å². The molecule has 0 spiro atoms. The van der Waals surface area contributed by atoms with Crippen molar-refractivity contribution in [1.82, 2.24) is 20.5 Å². The second-order valence-corrected chi connectivity index (χ2v) is 8.23. The van der Waals surface area contributed by atoms with Crippen LogP contribution in [0.15, 0.2) is 59.8 Å². The van der Waals surface area contributed by atoms with Crippen LogP contribution < -0.4 is 10.6 Å². The molecule has 2 amide bonds. The topological polar surface area (TPSA) is 137 Å². The molecular formula is C22H23N5O4S. The molecule has 32 heavy (non-hydrogen) atoms. The summed E-state index contributed by atoms with van der Waals surface area (Å²) in [4.78, 5) is 40.0. The highest BCUT2D eigenvalue weighted by Gasteiger charge is 2.23. The number of aromatic nitrogens is 3. The molecule has 3 rings (SSSR count). The van der Waals surface area contributed by atoms with E-state index in [2.05, 4.69) is 25.8 Å². The molecule has 166 valence electrons. The van der Waals surface area contributed by atoms with E-state index in [0.717, 1.165) is 11.8 Å². The van der Waals surface area contributed by atoms with Gasteiger partial charge in [0.2, 0.25) is 11.1 Å². The molecule has 3 aromatic rings. The van der Waals surface area contributed by atoms with Crippen LogP contribution in [-0.4, -0.2) is 43.8 Å². The van der Waals surface area contributed by atoms with Crippen LogP contribution in [0.3, 0.4) is 0 Å². The van der Waals surface area contributed by atoms with E-state index < -0.39 is 5.97 Å². The summed E-state index contributed by atoms with van der Waals surface area (Å²) in [7, 11) is 0. The number of amides is 2. The summed E-state index contributed by atoms with van der Waals surface area (Å²) in [5, 5.41) is 22.0. The van der Waals surface area contributed by atoms with Gasteiger partial charge in [-0.25, -0.2) is 9.78 Å². The number of benzene rings is 2. The molecule has 2 aromatic carbocycles. The lowest BCUT2D eigenvalue weighted by Gasteiger charge is -2.19. The number of nitrogens with one attached hydrogen (secondary N) is 3. The van der Waals surface area contributed by atoms with Crippen LogP contribution in [0.1, 0.15) is 46.4 Å². The minimum absolute atomic E-state index is 0.0607. The Morgan fingerprint density at radius 3 is 2.34 bits per heavy atom. The summed E-state index contributed by atoms with van der Waals surface area (Å²) >= 11 is 1.15. The Balaban J connectivity index is 1.57. The number of aromatic amines is 1. The van der Waals surface area contributed by atoms with Crippen molar-refractivity contribution in [2.75, 3.05) is 11.1 Å². The molecule has 0 radical (unpaired) electrons. The average molecular weight is 454 g/mol. The van der Waals surface area contributed by atoms with E-state index in [-0.39, 0.29) is 35.1 Å². The zero-order valence-corrected chi connectivity index (χ0v) is 18.3. The lowest BCUT2D eigenvalue weighted by Crippen LogP contribution is -2.32. The summed E-state index contributed by atoms with van der Waals surface area (Å²) in [6, 6.07) is 14.4. The van der Waals surface area contributed by atoms with Crippen LogP contribution in [-0.2, 0) is 4.79 Å². The lowest BCUT2D eigenvalue weighted by molar-refractivity contribution is -0.113. The molecule has 1 unspecified atom stereocenters. The normalized spacial score (nSPS) is 11.7. The minimum atomic E-state index is -1.03. The van der Waals surface area contributed by atoms with Crippen LogP contribution in [0.2, 0.25) is 0 Å². The highest BCUT2D eigenvalue weighted by molar-refractivity contribution is 7.99. The number of carboxylic acids is 1. The predicted octanol–water partition coefficient (Wildman–Crippen LogP) is 3.36. The highest BCUT2D eigenvalue weighted by Crippen LogP contribution is 2.22. The largest absolute Gasteiger partial charge is 0.478 e.